The predicted molar refractivity (Wildman–Crippen MR) is 114 cm³/mol. The number of likely N-dealkylation sites (N-methyl/N-ethyl adjacent to an activating group) is 1. The summed E-state index contributed by atoms with van der Waals surface area (Å²) < 4.78 is 27.3. The number of nitrogens with one attached hydrogen (secondary N) is 1. The zero-order valence-corrected chi connectivity index (χ0v) is 18.1. The van der Waals surface area contributed by atoms with Crippen LogP contribution in [-0.2, 0) is 10.0 Å². The number of hydrogen-bond donors (Lipinski definition) is 1. The van der Waals surface area contributed by atoms with Gasteiger partial charge >= 0.3 is 0 Å². The maximum absolute atomic E-state index is 12.9. The van der Waals surface area contributed by atoms with Crippen LogP contribution in [-0.4, -0.2) is 67.0 Å². The molecule has 8 nitrogen and oxygen atoms in total. The van der Waals surface area contributed by atoms with Crippen LogP contribution in [0, 0.1) is 0 Å². The Morgan fingerprint density at radius 3 is 2.66 bits per heavy atom. The van der Waals surface area contributed by atoms with Gasteiger partial charge in [0.1, 0.15) is 5.01 Å². The van der Waals surface area contributed by atoms with Gasteiger partial charge in [0, 0.05) is 42.7 Å². The van der Waals surface area contributed by atoms with Crippen LogP contribution >= 0.6 is 22.7 Å². The molecule has 0 saturated carbocycles. The van der Waals surface area contributed by atoms with Gasteiger partial charge in [0.15, 0.2) is 0 Å². The molecule has 1 aliphatic heterocycles. The molecule has 29 heavy (non-hydrogen) atoms. The second kappa shape index (κ2) is 8.28. The van der Waals surface area contributed by atoms with Gasteiger partial charge < -0.3 is 4.90 Å². The van der Waals surface area contributed by atoms with Crippen LogP contribution in [0.3, 0.4) is 0 Å². The van der Waals surface area contributed by atoms with E-state index in [1.807, 2.05) is 23.9 Å². The summed E-state index contributed by atoms with van der Waals surface area (Å²) in [6.45, 7) is 2.24. The number of nitrogens with zero attached hydrogens (tertiary/aromatic N) is 4. The van der Waals surface area contributed by atoms with Crippen LogP contribution in [0.1, 0.15) is 10.4 Å². The van der Waals surface area contributed by atoms with E-state index in [1.165, 1.54) is 27.8 Å². The maximum atomic E-state index is 12.9. The van der Waals surface area contributed by atoms with Crippen molar-refractivity contribution < 1.29 is 13.2 Å². The van der Waals surface area contributed by atoms with E-state index in [2.05, 4.69) is 20.4 Å². The average molecular weight is 450 g/mol. The topological polar surface area (TPSA) is 95.5 Å². The highest BCUT2D eigenvalue weighted by Crippen LogP contribution is 2.28. The first-order chi connectivity index (χ1) is 13.9. The first-order valence-electron chi connectivity index (χ1n) is 8.90. The SMILES string of the molecule is CN1CCN(S(=O)(=O)c2cccc(C(=O)Nc3nnc(-c4ccsc4)s3)c2)CC1. The highest BCUT2D eigenvalue weighted by atomic mass is 32.2. The standard InChI is InChI=1S/C18H19N5O3S3/c1-22-6-8-23(9-7-22)29(25,26)15-4-2-3-13(11-15)16(24)19-18-21-20-17(28-18)14-5-10-27-12-14/h2-5,10-12H,6-9H2,1H3,(H,19,21,24). The molecule has 0 radical (unpaired) electrons. The summed E-state index contributed by atoms with van der Waals surface area (Å²) in [5.41, 5.74) is 1.21. The van der Waals surface area contributed by atoms with Crippen molar-refractivity contribution in [3.8, 4) is 10.6 Å². The number of anilines is 1. The minimum atomic E-state index is -3.64. The fourth-order valence-corrected chi connectivity index (χ4v) is 5.84. The Morgan fingerprint density at radius 2 is 1.93 bits per heavy atom. The molecular weight excluding hydrogens is 430 g/mol. The van der Waals surface area contributed by atoms with Crippen LogP contribution in [0.5, 0.6) is 0 Å². The van der Waals surface area contributed by atoms with Crippen molar-refractivity contribution in [3.05, 3.63) is 46.7 Å². The second-order valence-corrected chi connectivity index (χ2v) is 10.3. The van der Waals surface area contributed by atoms with E-state index in [4.69, 9.17) is 0 Å². The summed E-state index contributed by atoms with van der Waals surface area (Å²) in [6, 6.07) is 8.02. The number of sulfonamides is 1. The zero-order valence-electron chi connectivity index (χ0n) is 15.6. The molecule has 1 N–H and O–H groups in total. The largest absolute Gasteiger partial charge is 0.304 e. The Hall–Kier alpha value is -2.18. The molecular formula is C18H19N5O3S3. The smallest absolute Gasteiger partial charge is 0.257 e. The monoisotopic (exact) mass is 449 g/mol. The van der Waals surface area contributed by atoms with Crippen molar-refractivity contribution in [2.75, 3.05) is 38.5 Å². The molecule has 3 heterocycles. The number of carbonyl (C=O) groups is 1. The lowest BCUT2D eigenvalue weighted by Gasteiger charge is -2.31. The molecule has 0 bridgehead atoms. The number of piperazine rings is 1. The Balaban J connectivity index is 1.50. The summed E-state index contributed by atoms with van der Waals surface area (Å²) >= 11 is 2.83. The quantitative estimate of drug-likeness (QED) is 0.643. The van der Waals surface area contributed by atoms with Crippen LogP contribution in [0.2, 0.25) is 0 Å². The predicted octanol–water partition coefficient (Wildman–Crippen LogP) is 2.46. The van der Waals surface area contributed by atoms with E-state index in [0.717, 1.165) is 5.56 Å². The van der Waals surface area contributed by atoms with Gasteiger partial charge in [0.2, 0.25) is 15.2 Å². The minimum absolute atomic E-state index is 0.117. The Bertz CT molecular complexity index is 1100. The summed E-state index contributed by atoms with van der Waals surface area (Å²) in [7, 11) is -1.67. The number of aromatic nitrogens is 2. The van der Waals surface area contributed by atoms with Crippen LogP contribution < -0.4 is 5.32 Å². The number of thiophene rings is 1. The van der Waals surface area contributed by atoms with Gasteiger partial charge in [-0.3, -0.25) is 10.1 Å². The molecule has 4 rings (SSSR count). The first-order valence-corrected chi connectivity index (χ1v) is 12.1. The molecule has 0 spiro atoms. The van der Waals surface area contributed by atoms with Gasteiger partial charge in [-0.25, -0.2) is 8.42 Å². The number of carbonyl (C=O) groups excluding carboxylic acids is 1. The van der Waals surface area contributed by atoms with Crippen molar-refractivity contribution >= 4 is 43.7 Å². The molecule has 3 aromatic rings. The molecule has 1 fully saturated rings. The summed E-state index contributed by atoms with van der Waals surface area (Å²) in [5.74, 6) is -0.423. The fraction of sp³-hybridized carbons (Fsp3) is 0.278. The number of benzene rings is 1. The molecule has 152 valence electrons. The van der Waals surface area contributed by atoms with Crippen LogP contribution in [0.15, 0.2) is 46.0 Å². The highest BCUT2D eigenvalue weighted by molar-refractivity contribution is 7.89. The molecule has 1 amide bonds. The second-order valence-electron chi connectivity index (χ2n) is 6.61. The molecule has 1 saturated heterocycles. The van der Waals surface area contributed by atoms with E-state index in [9.17, 15) is 13.2 Å². The van der Waals surface area contributed by atoms with Crippen LogP contribution in [0.4, 0.5) is 5.13 Å². The van der Waals surface area contributed by atoms with Crippen LogP contribution in [0.25, 0.3) is 10.6 Å². The van der Waals surface area contributed by atoms with Crippen molar-refractivity contribution in [2.24, 2.45) is 0 Å². The van der Waals surface area contributed by atoms with Gasteiger partial charge in [-0.15, -0.1) is 10.2 Å². The van der Waals surface area contributed by atoms with Crippen molar-refractivity contribution in [1.82, 2.24) is 19.4 Å². The van der Waals surface area contributed by atoms with Crippen molar-refractivity contribution in [1.29, 1.82) is 0 Å². The first kappa shape index (κ1) is 20.1. The van der Waals surface area contributed by atoms with E-state index >= 15 is 0 Å². The van der Waals surface area contributed by atoms with Crippen molar-refractivity contribution in [3.63, 3.8) is 0 Å². The Kier molecular flexibility index (Phi) is 5.74. The van der Waals surface area contributed by atoms with E-state index in [0.29, 0.717) is 36.3 Å². The molecule has 0 unspecified atom stereocenters. The third-order valence-electron chi connectivity index (χ3n) is 4.61. The third kappa shape index (κ3) is 4.38. The third-order valence-corrected chi connectivity index (χ3v) is 8.08. The lowest BCUT2D eigenvalue weighted by atomic mass is 10.2. The lowest BCUT2D eigenvalue weighted by Crippen LogP contribution is -2.47. The summed E-state index contributed by atoms with van der Waals surface area (Å²) in [4.78, 5) is 14.8. The van der Waals surface area contributed by atoms with Gasteiger partial charge in [-0.2, -0.15) is 15.6 Å². The average Bonchev–Trinajstić information content (AvgIpc) is 3.40. The maximum Gasteiger partial charge on any atom is 0.257 e. The number of rotatable bonds is 5. The summed E-state index contributed by atoms with van der Waals surface area (Å²) in [6.07, 6.45) is 0. The molecule has 1 aromatic carbocycles. The Labute approximate surface area is 176 Å². The zero-order chi connectivity index (χ0) is 20.4. The minimum Gasteiger partial charge on any atom is -0.304 e. The number of hydrogen-bond acceptors (Lipinski definition) is 8. The molecule has 2 aromatic heterocycles. The van der Waals surface area contributed by atoms with Gasteiger partial charge in [0.05, 0.1) is 4.90 Å². The normalized spacial score (nSPS) is 16.0. The fourth-order valence-electron chi connectivity index (χ4n) is 2.92. The lowest BCUT2D eigenvalue weighted by molar-refractivity contribution is 0.102. The molecule has 11 heteroatoms. The molecule has 0 atom stereocenters. The van der Waals surface area contributed by atoms with Gasteiger partial charge in [-0.1, -0.05) is 17.4 Å². The Morgan fingerprint density at radius 1 is 1.14 bits per heavy atom. The van der Waals surface area contributed by atoms with Crippen molar-refractivity contribution in [2.45, 2.75) is 4.90 Å². The van der Waals surface area contributed by atoms with E-state index in [-0.39, 0.29) is 10.5 Å². The van der Waals surface area contributed by atoms with Gasteiger partial charge in [0.25, 0.3) is 5.91 Å². The van der Waals surface area contributed by atoms with Gasteiger partial charge in [-0.05, 0) is 36.7 Å². The molecule has 0 aliphatic carbocycles. The number of amides is 1. The highest BCUT2D eigenvalue weighted by Gasteiger charge is 2.28. The summed E-state index contributed by atoms with van der Waals surface area (Å²) in [5, 5.41) is 15.8. The molecule has 1 aliphatic rings. The van der Waals surface area contributed by atoms with E-state index in [1.54, 1.807) is 23.5 Å². The van der Waals surface area contributed by atoms with E-state index < -0.39 is 15.9 Å².